The Labute approximate surface area is 228 Å². The number of aliphatic carboxylic acids is 1. The molecule has 3 heterocycles. The van der Waals surface area contributed by atoms with Crippen LogP contribution in [0.4, 0.5) is 5.69 Å². The lowest BCUT2D eigenvalue weighted by Gasteiger charge is -2.24. The molecule has 0 spiro atoms. The van der Waals surface area contributed by atoms with Crippen LogP contribution in [0.5, 0.6) is 11.5 Å². The van der Waals surface area contributed by atoms with Crippen LogP contribution in [0.2, 0.25) is 0 Å². The number of nitrogen functional groups attached to an aromatic ring is 1. The van der Waals surface area contributed by atoms with E-state index in [1.807, 2.05) is 19.1 Å². The van der Waals surface area contributed by atoms with Crippen LogP contribution in [0.25, 0.3) is 5.95 Å². The largest absolute Gasteiger partial charge is 0.490 e. The van der Waals surface area contributed by atoms with E-state index in [2.05, 4.69) is 25.4 Å². The number of rotatable bonds is 8. The van der Waals surface area contributed by atoms with Gasteiger partial charge in [0, 0.05) is 36.1 Å². The van der Waals surface area contributed by atoms with Crippen LogP contribution in [-0.2, 0) is 16.1 Å². The quantitative estimate of drug-likeness (QED) is 0.159. The zero-order chi connectivity index (χ0) is 28.6. The van der Waals surface area contributed by atoms with Crippen LogP contribution in [0, 0.1) is 5.41 Å². The Morgan fingerprint density at radius 3 is 2.62 bits per heavy atom. The third kappa shape index (κ3) is 6.60. The molecule has 208 valence electrons. The molecule has 2 aromatic carbocycles. The number of aromatic amines is 1. The third-order valence-electron chi connectivity index (χ3n) is 5.49. The van der Waals surface area contributed by atoms with Gasteiger partial charge in [-0.3, -0.25) is 15.2 Å². The Kier molecular flexibility index (Phi) is 8.71. The molecule has 2 aromatic heterocycles. The van der Waals surface area contributed by atoms with Gasteiger partial charge in [0.25, 0.3) is 11.9 Å². The first-order valence-electron chi connectivity index (χ1n) is 12.1. The summed E-state index contributed by atoms with van der Waals surface area (Å²) in [6, 6.07) is 11.9. The lowest BCUT2D eigenvalue weighted by molar-refractivity contribution is -0.134. The van der Waals surface area contributed by atoms with E-state index in [0.29, 0.717) is 36.1 Å². The molecule has 14 nitrogen and oxygen atoms in total. The van der Waals surface area contributed by atoms with Crippen molar-refractivity contribution in [3.8, 4) is 17.4 Å². The van der Waals surface area contributed by atoms with Gasteiger partial charge in [-0.15, -0.1) is 9.78 Å². The summed E-state index contributed by atoms with van der Waals surface area (Å²) in [7, 11) is 0. The summed E-state index contributed by atoms with van der Waals surface area (Å²) < 4.78 is 18.1. The second kappa shape index (κ2) is 12.5. The van der Waals surface area contributed by atoms with Gasteiger partial charge in [-0.1, -0.05) is 0 Å². The van der Waals surface area contributed by atoms with Gasteiger partial charge in [0.15, 0.2) is 24.1 Å². The highest BCUT2D eigenvalue weighted by atomic mass is 16.7. The topological polar surface area (TPSA) is 203 Å². The summed E-state index contributed by atoms with van der Waals surface area (Å²) >= 11 is 0. The van der Waals surface area contributed by atoms with E-state index < -0.39 is 17.7 Å². The van der Waals surface area contributed by atoms with Gasteiger partial charge in [0.2, 0.25) is 0 Å². The Bertz CT molecular complexity index is 1530. The number of hydrogen-bond donors (Lipinski definition) is 5. The summed E-state index contributed by atoms with van der Waals surface area (Å²) in [6.45, 7) is 3.92. The minimum atomic E-state index is -0.833. The molecule has 0 amide bonds. The molecule has 0 saturated heterocycles. The lowest BCUT2D eigenvalue weighted by atomic mass is 10.0. The molecule has 6 N–H and O–H groups in total. The fourth-order valence-electron chi connectivity index (χ4n) is 3.87. The second-order valence-electron chi connectivity index (χ2n) is 8.41. The van der Waals surface area contributed by atoms with Crippen molar-refractivity contribution in [3.63, 3.8) is 0 Å². The number of nitrogens with zero attached hydrogens (tertiary/aromatic N) is 4. The summed E-state index contributed by atoms with van der Waals surface area (Å²) in [6.07, 6.45) is 3.07. The number of carboxylic acid groups (broad SMARTS) is 1. The number of aromatic nitrogens is 5. The molecule has 1 aliphatic rings. The number of benzene rings is 2. The first-order valence-corrected chi connectivity index (χ1v) is 12.1. The van der Waals surface area contributed by atoms with Crippen molar-refractivity contribution in [1.29, 1.82) is 5.41 Å². The number of fused-ring (bicyclic) bond motifs is 1. The molecule has 14 heteroatoms. The molecule has 1 atom stereocenters. The normalized spacial score (nSPS) is 12.7. The van der Waals surface area contributed by atoms with E-state index in [1.54, 1.807) is 30.3 Å². The van der Waals surface area contributed by atoms with Crippen molar-refractivity contribution in [2.24, 2.45) is 5.73 Å². The van der Waals surface area contributed by atoms with Gasteiger partial charge in [-0.25, -0.2) is 14.8 Å². The van der Waals surface area contributed by atoms with Crippen LogP contribution in [0.15, 0.2) is 59.7 Å². The van der Waals surface area contributed by atoms with Crippen molar-refractivity contribution >= 4 is 17.5 Å². The number of ether oxygens (including phenoxy) is 3. The Morgan fingerprint density at radius 1 is 1.27 bits per heavy atom. The number of anilines is 1. The summed E-state index contributed by atoms with van der Waals surface area (Å²) in [5.41, 5.74) is 8.00. The van der Waals surface area contributed by atoms with Gasteiger partial charge in [-0.2, -0.15) is 0 Å². The molecule has 0 radical (unpaired) electrons. The smallest absolute Gasteiger partial charge is 0.350 e. The maximum absolute atomic E-state index is 12.8. The predicted molar refractivity (Wildman–Crippen MR) is 144 cm³/mol. The van der Waals surface area contributed by atoms with Crippen molar-refractivity contribution in [3.05, 3.63) is 87.9 Å². The number of nitrogens with two attached hydrogens (primary N) is 1. The van der Waals surface area contributed by atoms with Crippen molar-refractivity contribution in [2.45, 2.75) is 26.5 Å². The highest BCUT2D eigenvalue weighted by molar-refractivity contribution is 5.95. The highest BCUT2D eigenvalue weighted by Gasteiger charge is 2.26. The lowest BCUT2D eigenvalue weighted by Crippen LogP contribution is -2.18. The second-order valence-corrected chi connectivity index (χ2v) is 8.41. The van der Waals surface area contributed by atoms with E-state index >= 15 is 0 Å². The fraction of sp³-hybridized carbons (Fsp3) is 0.231. The maximum Gasteiger partial charge on any atom is 0.350 e. The summed E-state index contributed by atoms with van der Waals surface area (Å²) in [5, 5.41) is 22.9. The number of carboxylic acids is 1. The van der Waals surface area contributed by atoms with Crippen LogP contribution in [-0.4, -0.2) is 55.0 Å². The number of H-pyrrole nitrogens is 1. The van der Waals surface area contributed by atoms with Gasteiger partial charge < -0.3 is 30.4 Å². The monoisotopic (exact) mass is 548 g/mol. The number of hydrogen-bond acceptors (Lipinski definition) is 10. The minimum absolute atomic E-state index is 0.0277. The van der Waals surface area contributed by atoms with Crippen molar-refractivity contribution in [2.75, 3.05) is 18.7 Å². The standard InChI is InChI=1S/C24H24N8O4.C2H4O2/c1-2-35-18-11-15(10-16-12-34-13-36-20(16)18)19(29-17-6-4-14(5-7-17)21(25)26)22-30-24(33)32(31-22)23-27-8-3-9-28-23;1-2(3)4/h3-11,19,29H,2,12-13H2,1H3,(H3,25,26)(H,30,31,33);1H3,(H,3,4). The minimum Gasteiger partial charge on any atom is -0.490 e. The third-order valence-corrected chi connectivity index (χ3v) is 5.49. The Morgan fingerprint density at radius 2 is 1.98 bits per heavy atom. The van der Waals surface area contributed by atoms with Crippen LogP contribution >= 0.6 is 0 Å². The van der Waals surface area contributed by atoms with Gasteiger partial charge >= 0.3 is 5.69 Å². The van der Waals surface area contributed by atoms with Gasteiger partial charge in [0.05, 0.1) is 13.2 Å². The summed E-state index contributed by atoms with van der Waals surface area (Å²) in [4.78, 5) is 32.9. The van der Waals surface area contributed by atoms with Crippen LogP contribution in [0.1, 0.15) is 42.4 Å². The molecule has 0 fully saturated rings. The zero-order valence-electron chi connectivity index (χ0n) is 21.7. The predicted octanol–water partition coefficient (Wildman–Crippen LogP) is 2.19. The first kappa shape index (κ1) is 27.8. The molecule has 4 aromatic rings. The number of nitrogens with one attached hydrogen (secondary N) is 3. The SMILES string of the molecule is CC(=O)O.CCOc1cc(C(Nc2ccc(C(=N)N)cc2)c2nn(-c3ncccn3)c(=O)[nH]2)cc2c1OCOC2. The molecular formula is C26H28N8O6. The molecule has 0 aliphatic carbocycles. The van der Waals surface area contributed by atoms with E-state index in [4.69, 9.17) is 35.3 Å². The molecule has 0 saturated carbocycles. The molecule has 0 bridgehead atoms. The van der Waals surface area contributed by atoms with E-state index in [-0.39, 0.29) is 18.6 Å². The van der Waals surface area contributed by atoms with Gasteiger partial charge in [-0.05, 0) is 55.0 Å². The maximum atomic E-state index is 12.8. The van der Waals surface area contributed by atoms with Crippen molar-refractivity contribution < 1.29 is 24.1 Å². The molecule has 5 rings (SSSR count). The van der Waals surface area contributed by atoms with E-state index in [1.165, 1.54) is 12.4 Å². The average molecular weight is 549 g/mol. The Hall–Kier alpha value is -5.24. The molecular weight excluding hydrogens is 520 g/mol. The van der Waals surface area contributed by atoms with Crippen molar-refractivity contribution in [1.82, 2.24) is 24.7 Å². The van der Waals surface area contributed by atoms with Crippen LogP contribution in [0.3, 0.4) is 0 Å². The van der Waals surface area contributed by atoms with E-state index in [9.17, 15) is 4.79 Å². The average Bonchev–Trinajstić information content (AvgIpc) is 3.33. The first-order chi connectivity index (χ1) is 19.3. The zero-order valence-corrected chi connectivity index (χ0v) is 21.7. The van der Waals surface area contributed by atoms with E-state index in [0.717, 1.165) is 28.4 Å². The summed E-state index contributed by atoms with van der Waals surface area (Å²) in [5.74, 6) is 0.827. The number of amidine groups is 1. The van der Waals surface area contributed by atoms with Crippen LogP contribution < -0.4 is 26.2 Å². The highest BCUT2D eigenvalue weighted by Crippen LogP contribution is 2.39. The fourth-order valence-corrected chi connectivity index (χ4v) is 3.87. The van der Waals surface area contributed by atoms with Gasteiger partial charge in [0.1, 0.15) is 11.9 Å². The Balaban J connectivity index is 0.000000867. The molecule has 1 unspecified atom stereocenters. The molecule has 1 aliphatic heterocycles. The molecule has 40 heavy (non-hydrogen) atoms. The number of carbonyl (C=O) groups is 1.